The van der Waals surface area contributed by atoms with Crippen molar-refractivity contribution in [2.24, 2.45) is 0 Å². The number of hydrogen-bond acceptors (Lipinski definition) is 6. The minimum Gasteiger partial charge on any atom is -0.363 e. The molecule has 2 N–H and O–H groups in total. The number of nitrogens with zero attached hydrogens (tertiary/aromatic N) is 4. The molecule has 8 heteroatoms. The van der Waals surface area contributed by atoms with E-state index in [1.165, 1.54) is 42.7 Å². The van der Waals surface area contributed by atoms with Gasteiger partial charge in [0.1, 0.15) is 0 Å². The molecule has 3 aliphatic rings. The highest BCUT2D eigenvalue weighted by Gasteiger charge is 2.29. The highest BCUT2D eigenvalue weighted by Crippen LogP contribution is 2.34. The standard InChI is InChI=1S/C24H29FN6O/c1-2-22(32)30-10-4-5-19(15-30)27-23-21(25)12-26-24(29-23)28-18-9-8-16-13-31(14-17(16)11-18)20-6-3-7-20/h2,8-9,11-12,19-20H,1,3-7,10,13-15H2,(H2,26,27,28,29). The third-order valence-corrected chi connectivity index (χ3v) is 6.79. The first-order valence-electron chi connectivity index (χ1n) is 11.4. The summed E-state index contributed by atoms with van der Waals surface area (Å²) >= 11 is 0. The van der Waals surface area contributed by atoms with Crippen molar-refractivity contribution in [2.45, 2.75) is 57.3 Å². The van der Waals surface area contributed by atoms with Crippen molar-refractivity contribution >= 4 is 23.4 Å². The second-order valence-corrected chi connectivity index (χ2v) is 8.96. The number of rotatable bonds is 6. The molecule has 168 valence electrons. The molecule has 0 radical (unpaired) electrons. The van der Waals surface area contributed by atoms with Crippen molar-refractivity contribution in [1.29, 1.82) is 0 Å². The van der Waals surface area contributed by atoms with E-state index in [9.17, 15) is 9.18 Å². The molecule has 1 unspecified atom stereocenters. The van der Waals surface area contributed by atoms with Gasteiger partial charge in [-0.15, -0.1) is 0 Å². The highest BCUT2D eigenvalue weighted by molar-refractivity contribution is 5.87. The largest absolute Gasteiger partial charge is 0.363 e. The second kappa shape index (κ2) is 8.86. The molecule has 1 aliphatic carbocycles. The van der Waals surface area contributed by atoms with Crippen LogP contribution in [0.3, 0.4) is 0 Å². The van der Waals surface area contributed by atoms with Gasteiger partial charge in [-0.1, -0.05) is 19.1 Å². The zero-order chi connectivity index (χ0) is 22.1. The van der Waals surface area contributed by atoms with Crippen molar-refractivity contribution in [3.63, 3.8) is 0 Å². The molecule has 1 atom stereocenters. The van der Waals surface area contributed by atoms with Crippen LogP contribution >= 0.6 is 0 Å². The number of aromatic nitrogens is 2. The number of nitrogens with one attached hydrogen (secondary N) is 2. The summed E-state index contributed by atoms with van der Waals surface area (Å²) in [5, 5.41) is 6.38. The van der Waals surface area contributed by atoms with Crippen molar-refractivity contribution in [1.82, 2.24) is 19.8 Å². The number of piperidine rings is 1. The molecule has 5 rings (SSSR count). The molecule has 2 aliphatic heterocycles. The van der Waals surface area contributed by atoms with E-state index in [4.69, 9.17) is 0 Å². The Bertz CT molecular complexity index is 1020. The van der Waals surface area contributed by atoms with Crippen LogP contribution in [0.4, 0.5) is 21.8 Å². The van der Waals surface area contributed by atoms with Crippen molar-refractivity contribution in [3.8, 4) is 0 Å². The minimum atomic E-state index is -0.507. The fourth-order valence-electron chi connectivity index (χ4n) is 4.78. The van der Waals surface area contributed by atoms with Crippen LogP contribution in [-0.4, -0.2) is 50.8 Å². The van der Waals surface area contributed by atoms with E-state index in [0.29, 0.717) is 19.0 Å². The fraction of sp³-hybridized carbons (Fsp3) is 0.458. The Kier molecular flexibility index (Phi) is 5.78. The van der Waals surface area contributed by atoms with E-state index < -0.39 is 5.82 Å². The first-order chi connectivity index (χ1) is 15.6. The molecule has 0 bridgehead atoms. The molecule has 1 saturated heterocycles. The summed E-state index contributed by atoms with van der Waals surface area (Å²) in [7, 11) is 0. The summed E-state index contributed by atoms with van der Waals surface area (Å²) in [6.45, 7) is 6.74. The number of fused-ring (bicyclic) bond motifs is 1. The summed E-state index contributed by atoms with van der Waals surface area (Å²) in [6, 6.07) is 7.00. The molecule has 3 heterocycles. The summed E-state index contributed by atoms with van der Waals surface area (Å²) < 4.78 is 14.4. The molecule has 7 nitrogen and oxygen atoms in total. The Morgan fingerprint density at radius 1 is 1.19 bits per heavy atom. The first kappa shape index (κ1) is 20.9. The number of benzene rings is 1. The van der Waals surface area contributed by atoms with Gasteiger partial charge >= 0.3 is 0 Å². The van der Waals surface area contributed by atoms with Crippen LogP contribution < -0.4 is 10.6 Å². The lowest BCUT2D eigenvalue weighted by molar-refractivity contribution is -0.127. The van der Waals surface area contributed by atoms with Crippen LogP contribution in [0.1, 0.15) is 43.2 Å². The molecule has 1 saturated carbocycles. The second-order valence-electron chi connectivity index (χ2n) is 8.96. The van der Waals surface area contributed by atoms with Gasteiger partial charge in [0.05, 0.1) is 6.20 Å². The van der Waals surface area contributed by atoms with Crippen molar-refractivity contribution in [2.75, 3.05) is 23.7 Å². The third kappa shape index (κ3) is 4.32. The lowest BCUT2D eigenvalue weighted by Crippen LogP contribution is -2.44. The fourth-order valence-corrected chi connectivity index (χ4v) is 4.78. The molecular weight excluding hydrogens is 407 g/mol. The monoisotopic (exact) mass is 436 g/mol. The van der Waals surface area contributed by atoms with Gasteiger partial charge in [-0.3, -0.25) is 9.69 Å². The topological polar surface area (TPSA) is 73.4 Å². The van der Waals surface area contributed by atoms with Gasteiger partial charge in [0.15, 0.2) is 11.6 Å². The van der Waals surface area contributed by atoms with Crippen LogP contribution in [0.5, 0.6) is 0 Å². The van der Waals surface area contributed by atoms with E-state index in [-0.39, 0.29) is 17.8 Å². The van der Waals surface area contributed by atoms with Crippen LogP contribution in [0.25, 0.3) is 0 Å². The van der Waals surface area contributed by atoms with Crippen LogP contribution in [-0.2, 0) is 17.9 Å². The van der Waals surface area contributed by atoms with Gasteiger partial charge in [-0.25, -0.2) is 9.37 Å². The number of carbonyl (C=O) groups excluding carboxylic acids is 1. The van der Waals surface area contributed by atoms with E-state index in [0.717, 1.165) is 37.7 Å². The van der Waals surface area contributed by atoms with Gasteiger partial charge in [0.2, 0.25) is 11.9 Å². The Hall–Kier alpha value is -3.00. The maximum Gasteiger partial charge on any atom is 0.246 e. The quantitative estimate of drug-likeness (QED) is 0.671. The predicted molar refractivity (Wildman–Crippen MR) is 122 cm³/mol. The van der Waals surface area contributed by atoms with Crippen LogP contribution in [0, 0.1) is 5.82 Å². The third-order valence-electron chi connectivity index (χ3n) is 6.79. The number of hydrogen-bond donors (Lipinski definition) is 2. The molecule has 0 spiro atoms. The zero-order valence-corrected chi connectivity index (χ0v) is 18.2. The summed E-state index contributed by atoms with van der Waals surface area (Å²) in [5.74, 6) is -0.113. The molecule has 1 aromatic carbocycles. The normalized spacial score (nSPS) is 21.0. The van der Waals surface area contributed by atoms with Crippen molar-refractivity contribution < 1.29 is 9.18 Å². The average molecular weight is 437 g/mol. The number of anilines is 3. The lowest BCUT2D eigenvalue weighted by Gasteiger charge is -2.34. The highest BCUT2D eigenvalue weighted by atomic mass is 19.1. The molecular formula is C24H29FN6O. The van der Waals surface area contributed by atoms with E-state index in [2.05, 4.69) is 44.2 Å². The smallest absolute Gasteiger partial charge is 0.246 e. The predicted octanol–water partition coefficient (Wildman–Crippen LogP) is 3.82. The lowest BCUT2D eigenvalue weighted by atomic mass is 9.92. The van der Waals surface area contributed by atoms with Gasteiger partial charge in [0.25, 0.3) is 0 Å². The number of halogens is 1. The Morgan fingerprint density at radius 2 is 2.03 bits per heavy atom. The average Bonchev–Trinajstić information content (AvgIpc) is 3.17. The van der Waals surface area contributed by atoms with Gasteiger partial charge in [-0.2, -0.15) is 4.98 Å². The van der Waals surface area contributed by atoms with E-state index in [1.807, 2.05) is 6.07 Å². The Balaban J connectivity index is 1.25. The van der Waals surface area contributed by atoms with Crippen LogP contribution in [0.2, 0.25) is 0 Å². The maximum absolute atomic E-state index is 14.4. The molecule has 1 amide bonds. The summed E-state index contributed by atoms with van der Waals surface area (Å²) in [6.07, 6.45) is 8.14. The summed E-state index contributed by atoms with van der Waals surface area (Å²) in [4.78, 5) is 24.7. The maximum atomic E-state index is 14.4. The zero-order valence-electron chi connectivity index (χ0n) is 18.2. The Labute approximate surface area is 187 Å². The Morgan fingerprint density at radius 3 is 2.81 bits per heavy atom. The van der Waals surface area contributed by atoms with E-state index >= 15 is 0 Å². The number of amides is 1. The summed E-state index contributed by atoms with van der Waals surface area (Å²) in [5.41, 5.74) is 3.61. The van der Waals surface area contributed by atoms with E-state index in [1.54, 1.807) is 4.90 Å². The van der Waals surface area contributed by atoms with Gasteiger partial charge in [0, 0.05) is 44.0 Å². The molecule has 2 fully saturated rings. The SMILES string of the molecule is C=CC(=O)N1CCCC(Nc2nc(Nc3ccc4c(c3)CN(C3CCC3)C4)ncc2F)C1. The first-order valence-corrected chi connectivity index (χ1v) is 11.4. The van der Waals surface area contributed by atoms with Crippen molar-refractivity contribution in [3.05, 3.63) is 54.0 Å². The van der Waals surface area contributed by atoms with Crippen LogP contribution in [0.15, 0.2) is 37.1 Å². The molecule has 32 heavy (non-hydrogen) atoms. The number of likely N-dealkylation sites (tertiary alicyclic amines) is 1. The minimum absolute atomic E-state index is 0.0672. The van der Waals surface area contributed by atoms with Gasteiger partial charge < -0.3 is 15.5 Å². The van der Waals surface area contributed by atoms with Gasteiger partial charge in [-0.05, 0) is 55.0 Å². The number of carbonyl (C=O) groups is 1. The molecule has 2 aromatic rings. The molecule has 1 aromatic heterocycles.